The van der Waals surface area contributed by atoms with Gasteiger partial charge < -0.3 is 15.8 Å². The van der Waals surface area contributed by atoms with Crippen molar-refractivity contribution in [3.05, 3.63) is 58.6 Å². The molecule has 0 heterocycles. The number of nitrogen functional groups attached to an aromatic ring is 1. The molecule has 2 aromatic rings. The molecule has 0 radical (unpaired) electrons. The summed E-state index contributed by atoms with van der Waals surface area (Å²) in [5.41, 5.74) is 7.50. The first-order chi connectivity index (χ1) is 9.60. The van der Waals surface area contributed by atoms with Gasteiger partial charge in [-0.1, -0.05) is 23.7 Å². The Morgan fingerprint density at radius 1 is 1.30 bits per heavy atom. The summed E-state index contributed by atoms with van der Waals surface area (Å²) in [7, 11) is 1.61. The lowest BCUT2D eigenvalue weighted by Crippen LogP contribution is -2.22. The maximum absolute atomic E-state index is 12.0. The molecule has 2 rings (SSSR count). The number of nitrogens with one attached hydrogen (secondary N) is 1. The summed E-state index contributed by atoms with van der Waals surface area (Å²) in [5, 5.41) is 3.19. The maximum Gasteiger partial charge on any atom is 0.251 e. The molecular formula is C15H15ClN2O2. The van der Waals surface area contributed by atoms with E-state index in [1.165, 1.54) is 0 Å². The molecule has 0 fully saturated rings. The summed E-state index contributed by atoms with van der Waals surface area (Å²) >= 11 is 5.89. The molecule has 0 aliphatic carbocycles. The molecule has 0 aliphatic rings. The van der Waals surface area contributed by atoms with Crippen LogP contribution in [0.5, 0.6) is 5.75 Å². The monoisotopic (exact) mass is 290 g/mol. The van der Waals surface area contributed by atoms with Crippen LogP contribution < -0.4 is 15.8 Å². The SMILES string of the molecule is COc1cccc(CNC(=O)c2ccc(N)c(Cl)c2)c1. The van der Waals surface area contributed by atoms with E-state index in [4.69, 9.17) is 22.1 Å². The van der Waals surface area contributed by atoms with Crippen LogP contribution in [0.15, 0.2) is 42.5 Å². The molecule has 4 nitrogen and oxygen atoms in total. The molecule has 0 atom stereocenters. The van der Waals surface area contributed by atoms with Crippen LogP contribution in [0.1, 0.15) is 15.9 Å². The lowest BCUT2D eigenvalue weighted by Gasteiger charge is -2.08. The van der Waals surface area contributed by atoms with Crippen molar-refractivity contribution in [2.75, 3.05) is 12.8 Å². The van der Waals surface area contributed by atoms with E-state index < -0.39 is 0 Å². The second-order valence-electron chi connectivity index (χ2n) is 4.27. The molecule has 104 valence electrons. The standard InChI is InChI=1S/C15H15ClN2O2/c1-20-12-4-2-3-10(7-12)9-18-15(19)11-5-6-14(17)13(16)8-11/h2-8H,9,17H2,1H3,(H,18,19). The van der Waals surface area contributed by atoms with Crippen LogP contribution in [-0.2, 0) is 6.54 Å². The number of carbonyl (C=O) groups excluding carboxylic acids is 1. The van der Waals surface area contributed by atoms with Crippen LogP contribution in [-0.4, -0.2) is 13.0 Å². The van der Waals surface area contributed by atoms with E-state index in [0.29, 0.717) is 22.8 Å². The van der Waals surface area contributed by atoms with Crippen molar-refractivity contribution in [3.63, 3.8) is 0 Å². The van der Waals surface area contributed by atoms with E-state index in [0.717, 1.165) is 11.3 Å². The van der Waals surface area contributed by atoms with Gasteiger partial charge in [0.15, 0.2) is 0 Å². The molecule has 0 saturated carbocycles. The molecule has 0 unspecified atom stereocenters. The Labute approximate surface area is 122 Å². The van der Waals surface area contributed by atoms with Gasteiger partial charge in [0.05, 0.1) is 17.8 Å². The molecule has 1 amide bonds. The van der Waals surface area contributed by atoms with Crippen LogP contribution >= 0.6 is 11.6 Å². The minimum atomic E-state index is -0.199. The van der Waals surface area contributed by atoms with Crippen LogP contribution in [0.2, 0.25) is 5.02 Å². The van der Waals surface area contributed by atoms with Crippen molar-refractivity contribution in [1.29, 1.82) is 0 Å². The molecule has 0 aliphatic heterocycles. The van der Waals surface area contributed by atoms with Crippen molar-refractivity contribution in [2.45, 2.75) is 6.54 Å². The number of methoxy groups -OCH3 is 1. The molecule has 3 N–H and O–H groups in total. The molecule has 5 heteroatoms. The van der Waals surface area contributed by atoms with Gasteiger partial charge in [-0.3, -0.25) is 4.79 Å². The van der Waals surface area contributed by atoms with Gasteiger partial charge in [-0.2, -0.15) is 0 Å². The zero-order valence-electron chi connectivity index (χ0n) is 11.0. The van der Waals surface area contributed by atoms with E-state index in [-0.39, 0.29) is 5.91 Å². The zero-order chi connectivity index (χ0) is 14.5. The number of hydrogen-bond acceptors (Lipinski definition) is 3. The molecule has 0 aromatic heterocycles. The Kier molecular flexibility index (Phi) is 4.48. The number of carbonyl (C=O) groups is 1. The van der Waals surface area contributed by atoms with E-state index in [9.17, 15) is 4.79 Å². The zero-order valence-corrected chi connectivity index (χ0v) is 11.8. The highest BCUT2D eigenvalue weighted by molar-refractivity contribution is 6.33. The lowest BCUT2D eigenvalue weighted by molar-refractivity contribution is 0.0951. The average molecular weight is 291 g/mol. The summed E-state index contributed by atoms with van der Waals surface area (Å²) in [4.78, 5) is 12.0. The third-order valence-corrected chi connectivity index (χ3v) is 3.18. The fourth-order valence-electron chi connectivity index (χ4n) is 1.74. The number of halogens is 1. The summed E-state index contributed by atoms with van der Waals surface area (Å²) in [6.45, 7) is 0.415. The van der Waals surface area contributed by atoms with Crippen molar-refractivity contribution in [1.82, 2.24) is 5.32 Å². The highest BCUT2D eigenvalue weighted by Gasteiger charge is 2.07. The molecule has 0 saturated heterocycles. The Balaban J connectivity index is 2.02. The topological polar surface area (TPSA) is 64.3 Å². The molecular weight excluding hydrogens is 276 g/mol. The summed E-state index contributed by atoms with van der Waals surface area (Å²) in [6, 6.07) is 12.3. The highest BCUT2D eigenvalue weighted by Crippen LogP contribution is 2.19. The number of benzene rings is 2. The van der Waals surface area contributed by atoms with Crippen LogP contribution in [0.3, 0.4) is 0 Å². The fraction of sp³-hybridized carbons (Fsp3) is 0.133. The third kappa shape index (κ3) is 3.42. The maximum atomic E-state index is 12.0. The minimum absolute atomic E-state index is 0.199. The van der Waals surface area contributed by atoms with Crippen molar-refractivity contribution in [3.8, 4) is 5.75 Å². The molecule has 0 bridgehead atoms. The number of nitrogens with two attached hydrogens (primary N) is 1. The Morgan fingerprint density at radius 2 is 2.10 bits per heavy atom. The first-order valence-electron chi connectivity index (χ1n) is 6.06. The normalized spacial score (nSPS) is 10.1. The lowest BCUT2D eigenvalue weighted by atomic mass is 10.1. The van der Waals surface area contributed by atoms with Crippen LogP contribution in [0, 0.1) is 0 Å². The van der Waals surface area contributed by atoms with Gasteiger partial charge in [0.1, 0.15) is 5.75 Å². The Bertz CT molecular complexity index is 629. The molecule has 0 spiro atoms. The average Bonchev–Trinajstić information content (AvgIpc) is 2.47. The van der Waals surface area contributed by atoms with Gasteiger partial charge in [0.25, 0.3) is 5.91 Å². The number of amides is 1. The first-order valence-corrected chi connectivity index (χ1v) is 6.44. The Morgan fingerprint density at radius 3 is 2.80 bits per heavy atom. The van der Waals surface area contributed by atoms with Gasteiger partial charge in [-0.05, 0) is 35.9 Å². The molecule has 2 aromatic carbocycles. The molecule has 20 heavy (non-hydrogen) atoms. The summed E-state index contributed by atoms with van der Waals surface area (Å²) < 4.78 is 5.13. The quantitative estimate of drug-likeness (QED) is 0.851. The fourth-order valence-corrected chi connectivity index (χ4v) is 1.92. The van der Waals surface area contributed by atoms with Gasteiger partial charge in [0.2, 0.25) is 0 Å². The van der Waals surface area contributed by atoms with E-state index in [2.05, 4.69) is 5.32 Å². The largest absolute Gasteiger partial charge is 0.497 e. The predicted molar refractivity (Wildman–Crippen MR) is 80.0 cm³/mol. The minimum Gasteiger partial charge on any atom is -0.497 e. The summed E-state index contributed by atoms with van der Waals surface area (Å²) in [5.74, 6) is 0.557. The van der Waals surface area contributed by atoms with Crippen LogP contribution in [0.25, 0.3) is 0 Å². The van der Waals surface area contributed by atoms with E-state index in [1.54, 1.807) is 25.3 Å². The number of anilines is 1. The van der Waals surface area contributed by atoms with Gasteiger partial charge >= 0.3 is 0 Å². The van der Waals surface area contributed by atoms with Gasteiger partial charge in [-0.15, -0.1) is 0 Å². The predicted octanol–water partition coefficient (Wildman–Crippen LogP) is 2.86. The number of hydrogen-bond donors (Lipinski definition) is 2. The van der Waals surface area contributed by atoms with E-state index >= 15 is 0 Å². The van der Waals surface area contributed by atoms with Gasteiger partial charge in [0, 0.05) is 12.1 Å². The van der Waals surface area contributed by atoms with Gasteiger partial charge in [-0.25, -0.2) is 0 Å². The second kappa shape index (κ2) is 6.30. The highest BCUT2D eigenvalue weighted by atomic mass is 35.5. The van der Waals surface area contributed by atoms with Crippen molar-refractivity contribution < 1.29 is 9.53 Å². The van der Waals surface area contributed by atoms with Crippen molar-refractivity contribution >= 4 is 23.2 Å². The smallest absolute Gasteiger partial charge is 0.251 e. The number of rotatable bonds is 4. The van der Waals surface area contributed by atoms with Crippen LogP contribution in [0.4, 0.5) is 5.69 Å². The summed E-state index contributed by atoms with van der Waals surface area (Å²) in [6.07, 6.45) is 0. The first kappa shape index (κ1) is 14.2. The van der Waals surface area contributed by atoms with E-state index in [1.807, 2.05) is 24.3 Å². The Hall–Kier alpha value is -2.20. The van der Waals surface area contributed by atoms with Crippen molar-refractivity contribution in [2.24, 2.45) is 0 Å². The second-order valence-corrected chi connectivity index (χ2v) is 4.68. The number of ether oxygens (including phenoxy) is 1. The third-order valence-electron chi connectivity index (χ3n) is 2.85.